The Balaban J connectivity index is 1.52. The first-order valence-electron chi connectivity index (χ1n) is 12.0. The topological polar surface area (TPSA) is 62.6 Å². The van der Waals surface area contributed by atoms with Crippen molar-refractivity contribution in [1.29, 1.82) is 0 Å². The Morgan fingerprint density at radius 2 is 1.88 bits per heavy atom. The van der Waals surface area contributed by atoms with E-state index in [1.165, 1.54) is 6.42 Å². The second-order valence-corrected chi connectivity index (χ2v) is 9.13. The number of nitrogens with zero attached hydrogens (tertiary/aromatic N) is 2. The molecule has 5 rings (SSSR count). The van der Waals surface area contributed by atoms with Crippen molar-refractivity contribution in [3.05, 3.63) is 66.9 Å². The number of benzene rings is 2. The summed E-state index contributed by atoms with van der Waals surface area (Å²) in [6.45, 7) is 4.62. The van der Waals surface area contributed by atoms with Crippen molar-refractivity contribution in [3.63, 3.8) is 0 Å². The fourth-order valence-corrected chi connectivity index (χ4v) is 4.45. The highest BCUT2D eigenvalue weighted by Gasteiger charge is 2.22. The number of anilines is 1. The molecule has 176 valence electrons. The Kier molecular flexibility index (Phi) is 6.79. The zero-order valence-corrected chi connectivity index (χ0v) is 19.9. The van der Waals surface area contributed by atoms with Crippen molar-refractivity contribution in [2.24, 2.45) is 5.92 Å². The second-order valence-electron chi connectivity index (χ2n) is 9.13. The maximum absolute atomic E-state index is 6.39. The molecule has 34 heavy (non-hydrogen) atoms. The second kappa shape index (κ2) is 10.3. The number of hydrogen-bond donors (Lipinski definition) is 2. The van der Waals surface area contributed by atoms with E-state index in [9.17, 15) is 0 Å². The predicted octanol–water partition coefficient (Wildman–Crippen LogP) is 5.12. The van der Waals surface area contributed by atoms with E-state index in [1.807, 2.05) is 38.5 Å². The quantitative estimate of drug-likeness (QED) is 0.364. The van der Waals surface area contributed by atoms with Gasteiger partial charge in [-0.05, 0) is 75.4 Å². The van der Waals surface area contributed by atoms with E-state index in [0.717, 1.165) is 65.5 Å². The van der Waals surface area contributed by atoms with E-state index < -0.39 is 0 Å². The van der Waals surface area contributed by atoms with E-state index in [0.29, 0.717) is 18.2 Å². The SMILES string of the molecule is CN(C)CCOc1ccc(-c2oc3nccc(NCC4CCNC4)c3c2-c2ccccc2)cc1. The van der Waals surface area contributed by atoms with Crippen LogP contribution in [0.25, 0.3) is 33.6 Å². The zero-order valence-electron chi connectivity index (χ0n) is 19.9. The molecule has 2 N–H and O–H groups in total. The van der Waals surface area contributed by atoms with Crippen LogP contribution in [0.2, 0.25) is 0 Å². The molecule has 0 spiro atoms. The number of aromatic nitrogens is 1. The molecule has 0 aliphatic carbocycles. The molecule has 3 heterocycles. The average molecular weight is 457 g/mol. The van der Waals surface area contributed by atoms with Crippen molar-refractivity contribution in [1.82, 2.24) is 15.2 Å². The molecule has 1 atom stereocenters. The van der Waals surface area contributed by atoms with Crippen LogP contribution in [0.5, 0.6) is 5.75 Å². The molecule has 1 aliphatic heterocycles. The molecule has 0 saturated carbocycles. The van der Waals surface area contributed by atoms with Crippen molar-refractivity contribution in [3.8, 4) is 28.2 Å². The number of pyridine rings is 1. The Hall–Kier alpha value is -3.35. The number of furan rings is 1. The molecule has 1 fully saturated rings. The Morgan fingerprint density at radius 3 is 2.62 bits per heavy atom. The van der Waals surface area contributed by atoms with E-state index in [-0.39, 0.29) is 0 Å². The lowest BCUT2D eigenvalue weighted by atomic mass is 9.98. The molecule has 0 radical (unpaired) electrons. The normalized spacial score (nSPS) is 15.8. The van der Waals surface area contributed by atoms with Gasteiger partial charge in [0.15, 0.2) is 0 Å². The molecular weight excluding hydrogens is 424 g/mol. The molecule has 1 unspecified atom stereocenters. The standard InChI is InChI=1S/C28H32N4O2/c1-32(2)16-17-33-23-10-8-22(9-11-23)27-25(21-6-4-3-5-7-21)26-24(13-15-30-28(26)34-27)31-19-20-12-14-29-18-20/h3-11,13,15,20,29H,12,14,16-19H2,1-2H3,(H,30,31). The van der Waals surface area contributed by atoms with Crippen molar-refractivity contribution < 1.29 is 9.15 Å². The molecule has 6 nitrogen and oxygen atoms in total. The lowest BCUT2D eigenvalue weighted by molar-refractivity contribution is 0.261. The van der Waals surface area contributed by atoms with Gasteiger partial charge in [-0.15, -0.1) is 0 Å². The van der Waals surface area contributed by atoms with Crippen LogP contribution in [0.15, 0.2) is 71.3 Å². The molecule has 4 aromatic rings. The maximum Gasteiger partial charge on any atom is 0.229 e. The van der Waals surface area contributed by atoms with E-state index in [4.69, 9.17) is 9.15 Å². The van der Waals surface area contributed by atoms with Gasteiger partial charge in [0.25, 0.3) is 0 Å². The maximum atomic E-state index is 6.39. The van der Waals surface area contributed by atoms with Gasteiger partial charge in [-0.1, -0.05) is 30.3 Å². The molecular formula is C28H32N4O2. The van der Waals surface area contributed by atoms with Gasteiger partial charge in [-0.25, -0.2) is 4.98 Å². The van der Waals surface area contributed by atoms with Gasteiger partial charge in [0.2, 0.25) is 5.71 Å². The number of hydrogen-bond acceptors (Lipinski definition) is 6. The minimum absolute atomic E-state index is 0.634. The Labute approximate surface area is 200 Å². The summed E-state index contributed by atoms with van der Waals surface area (Å²) in [6, 6.07) is 20.6. The third-order valence-corrected chi connectivity index (χ3v) is 6.32. The van der Waals surface area contributed by atoms with Gasteiger partial charge in [0.1, 0.15) is 18.1 Å². The first-order valence-corrected chi connectivity index (χ1v) is 12.0. The summed E-state index contributed by atoms with van der Waals surface area (Å²) >= 11 is 0. The van der Waals surface area contributed by atoms with Gasteiger partial charge < -0.3 is 24.7 Å². The van der Waals surface area contributed by atoms with Crippen molar-refractivity contribution in [2.45, 2.75) is 6.42 Å². The molecule has 6 heteroatoms. The highest BCUT2D eigenvalue weighted by atomic mass is 16.5. The van der Waals surface area contributed by atoms with Crippen molar-refractivity contribution >= 4 is 16.8 Å². The highest BCUT2D eigenvalue weighted by Crippen LogP contribution is 2.43. The van der Waals surface area contributed by atoms with E-state index in [2.05, 4.69) is 63.0 Å². The summed E-state index contributed by atoms with van der Waals surface area (Å²) < 4.78 is 12.3. The minimum atomic E-state index is 0.634. The summed E-state index contributed by atoms with van der Waals surface area (Å²) in [4.78, 5) is 6.69. The molecule has 1 aliphatic rings. The van der Waals surface area contributed by atoms with Crippen LogP contribution in [0, 0.1) is 5.92 Å². The minimum Gasteiger partial charge on any atom is -0.492 e. The summed E-state index contributed by atoms with van der Waals surface area (Å²) in [5.41, 5.74) is 4.89. The van der Waals surface area contributed by atoms with Gasteiger partial charge in [-0.3, -0.25) is 0 Å². The van der Waals surface area contributed by atoms with Crippen LogP contribution in [0.4, 0.5) is 5.69 Å². The van der Waals surface area contributed by atoms with Gasteiger partial charge in [-0.2, -0.15) is 0 Å². The smallest absolute Gasteiger partial charge is 0.229 e. The largest absolute Gasteiger partial charge is 0.492 e. The Bertz CT molecular complexity index is 1210. The summed E-state index contributed by atoms with van der Waals surface area (Å²) in [7, 11) is 4.09. The third kappa shape index (κ3) is 4.93. The fourth-order valence-electron chi connectivity index (χ4n) is 4.45. The molecule has 1 saturated heterocycles. The first-order chi connectivity index (χ1) is 16.7. The number of ether oxygens (including phenoxy) is 1. The van der Waals surface area contributed by atoms with Crippen LogP contribution >= 0.6 is 0 Å². The van der Waals surface area contributed by atoms with Crippen LogP contribution in [-0.2, 0) is 0 Å². The number of nitrogens with one attached hydrogen (secondary N) is 2. The van der Waals surface area contributed by atoms with Crippen LogP contribution in [-0.4, -0.2) is 56.8 Å². The van der Waals surface area contributed by atoms with Crippen LogP contribution in [0.3, 0.4) is 0 Å². The predicted molar refractivity (Wildman–Crippen MR) is 138 cm³/mol. The van der Waals surface area contributed by atoms with E-state index >= 15 is 0 Å². The van der Waals surface area contributed by atoms with E-state index in [1.54, 1.807) is 0 Å². The average Bonchev–Trinajstić information content (AvgIpc) is 3.52. The number of likely N-dealkylation sites (N-methyl/N-ethyl adjacent to an activating group) is 1. The molecule has 2 aromatic carbocycles. The monoisotopic (exact) mass is 456 g/mol. The number of fused-ring (bicyclic) bond motifs is 1. The zero-order chi connectivity index (χ0) is 23.3. The molecule has 0 bridgehead atoms. The lowest BCUT2D eigenvalue weighted by Gasteiger charge is -2.13. The van der Waals surface area contributed by atoms with Gasteiger partial charge in [0.05, 0.1) is 5.39 Å². The van der Waals surface area contributed by atoms with Crippen LogP contribution in [0.1, 0.15) is 6.42 Å². The molecule has 2 aromatic heterocycles. The highest BCUT2D eigenvalue weighted by molar-refractivity contribution is 6.06. The van der Waals surface area contributed by atoms with Gasteiger partial charge in [0, 0.05) is 36.1 Å². The van der Waals surface area contributed by atoms with Crippen LogP contribution < -0.4 is 15.4 Å². The van der Waals surface area contributed by atoms with Crippen molar-refractivity contribution in [2.75, 3.05) is 52.2 Å². The molecule has 0 amide bonds. The fraction of sp³-hybridized carbons (Fsp3) is 0.321. The van der Waals surface area contributed by atoms with Gasteiger partial charge >= 0.3 is 0 Å². The third-order valence-electron chi connectivity index (χ3n) is 6.32. The summed E-state index contributed by atoms with van der Waals surface area (Å²) in [5.74, 6) is 2.31. The lowest BCUT2D eigenvalue weighted by Crippen LogP contribution is -2.19. The summed E-state index contributed by atoms with van der Waals surface area (Å²) in [5, 5.41) is 8.16. The summed E-state index contributed by atoms with van der Waals surface area (Å²) in [6.07, 6.45) is 3.02. The number of rotatable bonds is 9. The first kappa shape index (κ1) is 22.4. The Morgan fingerprint density at radius 1 is 1.06 bits per heavy atom.